The average molecular weight is 460 g/mol. The Hall–Kier alpha value is -2.04. The summed E-state index contributed by atoms with van der Waals surface area (Å²) in [5.74, 6) is -0.267. The summed E-state index contributed by atoms with van der Waals surface area (Å²) in [5, 5.41) is 12.7. The van der Waals surface area contributed by atoms with Crippen molar-refractivity contribution in [3.63, 3.8) is 0 Å². The van der Waals surface area contributed by atoms with Crippen molar-refractivity contribution in [3.05, 3.63) is 40.4 Å². The molecular formula is C19H27ClFN5O3S. The quantitative estimate of drug-likeness (QED) is 0.499. The van der Waals surface area contributed by atoms with Gasteiger partial charge in [0.25, 0.3) is 0 Å². The molecule has 0 amide bonds. The second kappa shape index (κ2) is 10.3. The highest BCUT2D eigenvalue weighted by Crippen LogP contribution is 2.27. The van der Waals surface area contributed by atoms with E-state index in [1.165, 1.54) is 6.07 Å². The molecule has 0 saturated carbocycles. The smallest absolute Gasteiger partial charge is 0.241 e. The number of hydrogen-bond donors (Lipinski definition) is 3. The van der Waals surface area contributed by atoms with Crippen LogP contribution in [-0.2, 0) is 16.4 Å². The molecular weight excluding hydrogens is 433 g/mol. The van der Waals surface area contributed by atoms with Crippen molar-refractivity contribution in [1.29, 1.82) is 0 Å². The predicted molar refractivity (Wildman–Crippen MR) is 116 cm³/mol. The Kier molecular flexibility index (Phi) is 8.34. The fourth-order valence-electron chi connectivity index (χ4n) is 3.00. The first-order chi connectivity index (χ1) is 14.0. The van der Waals surface area contributed by atoms with Gasteiger partial charge in [0.05, 0.1) is 23.9 Å². The molecule has 1 heterocycles. The lowest BCUT2D eigenvalue weighted by Crippen LogP contribution is -2.27. The van der Waals surface area contributed by atoms with Crippen LogP contribution in [0.25, 0.3) is 0 Å². The molecule has 2 atom stereocenters. The number of sulfonamides is 1. The number of nitrogens with one attached hydrogen (secondary N) is 2. The van der Waals surface area contributed by atoms with Crippen LogP contribution >= 0.6 is 11.6 Å². The molecule has 0 aliphatic rings. The van der Waals surface area contributed by atoms with Crippen LogP contribution in [-0.4, -0.2) is 47.4 Å². The van der Waals surface area contributed by atoms with E-state index in [4.69, 9.17) is 11.6 Å². The van der Waals surface area contributed by atoms with Gasteiger partial charge >= 0.3 is 0 Å². The summed E-state index contributed by atoms with van der Waals surface area (Å²) < 4.78 is 39.9. The minimum atomic E-state index is -3.61. The van der Waals surface area contributed by atoms with Crippen LogP contribution in [0.2, 0.25) is 5.02 Å². The van der Waals surface area contributed by atoms with E-state index in [0.717, 1.165) is 6.26 Å². The molecule has 0 aliphatic heterocycles. The van der Waals surface area contributed by atoms with Crippen molar-refractivity contribution in [2.45, 2.75) is 45.6 Å². The first-order valence-electron chi connectivity index (χ1n) is 9.52. The number of anilines is 2. The van der Waals surface area contributed by atoms with E-state index in [1.54, 1.807) is 19.1 Å². The molecule has 0 fully saturated rings. The van der Waals surface area contributed by atoms with E-state index >= 15 is 0 Å². The third-order valence-corrected chi connectivity index (χ3v) is 5.11. The molecule has 3 N–H and O–H groups in total. The molecule has 1 aromatic heterocycles. The van der Waals surface area contributed by atoms with Crippen molar-refractivity contribution in [2.24, 2.45) is 5.92 Å². The molecule has 8 nitrogen and oxygen atoms in total. The molecule has 2 rings (SSSR count). The molecule has 30 heavy (non-hydrogen) atoms. The maximum atomic E-state index is 14.4. The van der Waals surface area contributed by atoms with Gasteiger partial charge < -0.3 is 10.4 Å². The molecule has 0 saturated heterocycles. The van der Waals surface area contributed by atoms with E-state index in [9.17, 15) is 17.9 Å². The van der Waals surface area contributed by atoms with Gasteiger partial charge in [-0.1, -0.05) is 44.5 Å². The van der Waals surface area contributed by atoms with Gasteiger partial charge in [-0.25, -0.2) is 12.8 Å². The number of aliphatic hydroxyl groups excluding tert-OH is 1. The van der Waals surface area contributed by atoms with Crippen LogP contribution in [0.1, 0.15) is 44.5 Å². The number of halogens is 2. The van der Waals surface area contributed by atoms with Crippen molar-refractivity contribution in [1.82, 2.24) is 15.0 Å². The molecule has 11 heteroatoms. The summed E-state index contributed by atoms with van der Waals surface area (Å²) in [6.07, 6.45) is 1.88. The van der Waals surface area contributed by atoms with Crippen LogP contribution in [0, 0.1) is 11.7 Å². The van der Waals surface area contributed by atoms with Gasteiger partial charge in [0.2, 0.25) is 21.9 Å². The number of nitrogens with zero attached hydrogens (tertiary/aromatic N) is 3. The summed E-state index contributed by atoms with van der Waals surface area (Å²) in [6, 6.07) is 4.45. The van der Waals surface area contributed by atoms with E-state index < -0.39 is 15.8 Å². The molecule has 2 aromatic rings. The first kappa shape index (κ1) is 24.2. The van der Waals surface area contributed by atoms with Crippen molar-refractivity contribution in [3.8, 4) is 0 Å². The summed E-state index contributed by atoms with van der Waals surface area (Å²) in [7, 11) is -3.61. The number of rotatable bonds is 10. The van der Waals surface area contributed by atoms with Crippen molar-refractivity contribution in [2.75, 3.05) is 22.9 Å². The maximum absolute atomic E-state index is 14.4. The number of aromatic nitrogens is 3. The normalized spacial score (nSPS) is 13.9. The van der Waals surface area contributed by atoms with Gasteiger partial charge in [-0.3, -0.25) is 4.72 Å². The van der Waals surface area contributed by atoms with E-state index in [2.05, 4.69) is 25.0 Å². The first-order valence-corrected chi connectivity index (χ1v) is 11.8. The number of benzene rings is 1. The van der Waals surface area contributed by atoms with Gasteiger partial charge in [0, 0.05) is 6.42 Å². The lowest BCUT2D eigenvalue weighted by molar-refractivity contribution is 0.259. The second-order valence-corrected chi connectivity index (χ2v) is 9.83. The van der Waals surface area contributed by atoms with E-state index in [1.807, 2.05) is 13.8 Å². The number of hydrogen-bond acceptors (Lipinski definition) is 7. The molecule has 0 bridgehead atoms. The minimum Gasteiger partial charge on any atom is -0.394 e. The third-order valence-electron chi connectivity index (χ3n) is 4.27. The van der Waals surface area contributed by atoms with E-state index in [0.29, 0.717) is 17.9 Å². The summed E-state index contributed by atoms with van der Waals surface area (Å²) in [5.41, 5.74) is 0.406. The largest absolute Gasteiger partial charge is 0.394 e. The molecule has 0 radical (unpaired) electrons. The van der Waals surface area contributed by atoms with Crippen LogP contribution < -0.4 is 10.0 Å². The maximum Gasteiger partial charge on any atom is 0.241 e. The van der Waals surface area contributed by atoms with Crippen molar-refractivity contribution >= 4 is 33.5 Å². The Morgan fingerprint density at radius 2 is 1.83 bits per heavy atom. The lowest BCUT2D eigenvalue weighted by Gasteiger charge is -2.19. The molecule has 0 aliphatic carbocycles. The fourth-order valence-corrected chi connectivity index (χ4v) is 3.61. The minimum absolute atomic E-state index is 0.0243. The zero-order valence-corrected chi connectivity index (χ0v) is 18.9. The van der Waals surface area contributed by atoms with E-state index in [-0.39, 0.29) is 47.7 Å². The van der Waals surface area contributed by atoms with Crippen LogP contribution in [0.3, 0.4) is 0 Å². The van der Waals surface area contributed by atoms with Gasteiger partial charge in [0.15, 0.2) is 0 Å². The zero-order valence-electron chi connectivity index (χ0n) is 17.4. The fraction of sp³-hybridized carbons (Fsp3) is 0.526. The highest BCUT2D eigenvalue weighted by molar-refractivity contribution is 7.91. The van der Waals surface area contributed by atoms with Gasteiger partial charge in [0.1, 0.15) is 11.6 Å². The Bertz CT molecular complexity index is 975. The summed E-state index contributed by atoms with van der Waals surface area (Å²) >= 11 is 5.87. The number of aliphatic hydroxyl groups is 1. The standard InChI is InChI=1S/C19H27ClFN5O3S/c1-11(2)8-13(10-27)22-18-23-16(24-19(25-18)26-30(4,28)29)9-12(3)14-6-5-7-15(20)17(14)21/h5-7,11-13,27H,8-10H2,1-4H3,(H2,22,23,24,25,26)/t12-,13+/m0/s1. The molecule has 0 spiro atoms. The van der Waals surface area contributed by atoms with Gasteiger partial charge in [-0.15, -0.1) is 0 Å². The van der Waals surface area contributed by atoms with Crippen LogP contribution in [0.4, 0.5) is 16.3 Å². The lowest BCUT2D eigenvalue weighted by atomic mass is 9.97. The van der Waals surface area contributed by atoms with Crippen LogP contribution in [0.5, 0.6) is 0 Å². The van der Waals surface area contributed by atoms with Gasteiger partial charge in [-0.05, 0) is 29.9 Å². The molecule has 0 unspecified atom stereocenters. The zero-order chi connectivity index (χ0) is 22.5. The summed E-state index contributed by atoms with van der Waals surface area (Å²) in [4.78, 5) is 12.6. The Labute approximate surface area is 181 Å². The predicted octanol–water partition coefficient (Wildman–Crippen LogP) is 3.20. The topological polar surface area (TPSA) is 117 Å². The second-order valence-electron chi connectivity index (χ2n) is 7.67. The average Bonchev–Trinajstić information content (AvgIpc) is 2.61. The SMILES string of the molecule is CC(C)C[C@H](CO)Nc1nc(C[C@H](C)c2cccc(Cl)c2F)nc(NS(C)(=O)=O)n1. The molecule has 166 valence electrons. The Morgan fingerprint density at radius 3 is 2.43 bits per heavy atom. The highest BCUT2D eigenvalue weighted by atomic mass is 35.5. The Balaban J connectivity index is 2.34. The highest BCUT2D eigenvalue weighted by Gasteiger charge is 2.19. The Morgan fingerprint density at radius 1 is 1.17 bits per heavy atom. The van der Waals surface area contributed by atoms with Gasteiger partial charge in [-0.2, -0.15) is 15.0 Å². The van der Waals surface area contributed by atoms with Crippen LogP contribution in [0.15, 0.2) is 18.2 Å². The summed E-state index contributed by atoms with van der Waals surface area (Å²) in [6.45, 7) is 5.69. The monoisotopic (exact) mass is 459 g/mol. The molecule has 1 aromatic carbocycles. The third kappa shape index (κ3) is 7.33. The van der Waals surface area contributed by atoms with Crippen molar-refractivity contribution < 1.29 is 17.9 Å².